The molecule has 0 saturated heterocycles. The van der Waals surface area contributed by atoms with Crippen molar-refractivity contribution < 1.29 is 15.0 Å². The Bertz CT molecular complexity index is 293. The molecule has 100 valence electrons. The number of hydrogen-bond acceptors (Lipinski definition) is 2. The van der Waals surface area contributed by atoms with E-state index < -0.39 is 22.8 Å². The van der Waals surface area contributed by atoms with E-state index in [2.05, 4.69) is 0 Å². The third kappa shape index (κ3) is 2.41. The van der Waals surface area contributed by atoms with Crippen LogP contribution in [0.3, 0.4) is 0 Å². The molecule has 1 aliphatic carbocycles. The first-order valence-electron chi connectivity index (χ1n) is 6.28. The molecule has 0 bridgehead atoms. The fourth-order valence-corrected chi connectivity index (χ4v) is 3.18. The lowest BCUT2D eigenvalue weighted by molar-refractivity contribution is -0.106. The number of carbonyl (C=O) groups is 1. The molecule has 0 atom stereocenters. The molecule has 1 saturated carbocycles. The van der Waals surface area contributed by atoms with Crippen molar-refractivity contribution in [1.82, 2.24) is 4.90 Å². The lowest BCUT2D eigenvalue weighted by Gasteiger charge is -2.53. The van der Waals surface area contributed by atoms with E-state index in [1.165, 1.54) is 4.90 Å². The van der Waals surface area contributed by atoms with Crippen LogP contribution in [0.5, 0.6) is 0 Å². The highest BCUT2D eigenvalue weighted by molar-refractivity contribution is 5.67. The highest BCUT2D eigenvalue weighted by Crippen LogP contribution is 2.46. The summed E-state index contributed by atoms with van der Waals surface area (Å²) < 4.78 is 0. The number of carboxylic acid groups (broad SMARTS) is 1. The van der Waals surface area contributed by atoms with E-state index in [9.17, 15) is 15.0 Å². The van der Waals surface area contributed by atoms with Crippen LogP contribution in [0, 0.1) is 0 Å². The van der Waals surface area contributed by atoms with E-state index >= 15 is 0 Å². The Morgan fingerprint density at radius 3 is 1.76 bits per heavy atom. The maximum atomic E-state index is 11.6. The quantitative estimate of drug-likeness (QED) is 0.784. The predicted molar refractivity (Wildman–Crippen MR) is 67.1 cm³/mol. The molecule has 1 fully saturated rings. The van der Waals surface area contributed by atoms with E-state index in [1.807, 2.05) is 20.8 Å². The van der Waals surface area contributed by atoms with Crippen LogP contribution in [0.15, 0.2) is 0 Å². The van der Waals surface area contributed by atoms with E-state index in [1.54, 1.807) is 13.8 Å². The summed E-state index contributed by atoms with van der Waals surface area (Å²) in [7, 11) is 0. The van der Waals surface area contributed by atoms with Gasteiger partial charge in [-0.25, -0.2) is 4.79 Å². The molecule has 0 aromatic carbocycles. The second-order valence-corrected chi connectivity index (χ2v) is 6.59. The Morgan fingerprint density at radius 2 is 1.53 bits per heavy atom. The molecular formula is C13H25NO3. The number of nitrogens with zero attached hydrogens (tertiary/aromatic N) is 1. The highest BCUT2D eigenvalue weighted by atomic mass is 16.4. The molecule has 1 aliphatic rings. The standard InChI is InChI=1S/C13H25NO3/c1-11(2,3)14(10(15)16)13(12(4,5)17)8-6-7-9-13/h17H,6-9H2,1-5H3,(H,15,16). The summed E-state index contributed by atoms with van der Waals surface area (Å²) in [6.07, 6.45) is 2.48. The van der Waals surface area contributed by atoms with Crippen molar-refractivity contribution in [3.63, 3.8) is 0 Å². The SMILES string of the molecule is CC(C)(C)N(C(=O)O)C1(C(C)(C)O)CCCC1. The van der Waals surface area contributed by atoms with Crippen LogP contribution in [-0.2, 0) is 0 Å². The number of aliphatic hydroxyl groups is 1. The zero-order valence-corrected chi connectivity index (χ0v) is 11.6. The molecule has 1 rings (SSSR count). The first-order chi connectivity index (χ1) is 7.52. The van der Waals surface area contributed by atoms with Crippen LogP contribution in [0.2, 0.25) is 0 Å². The lowest BCUT2D eigenvalue weighted by atomic mass is 9.77. The molecular weight excluding hydrogens is 218 g/mol. The average molecular weight is 243 g/mol. The minimum atomic E-state index is -1.02. The second kappa shape index (κ2) is 4.16. The largest absolute Gasteiger partial charge is 0.465 e. The van der Waals surface area contributed by atoms with Gasteiger partial charge in [0.15, 0.2) is 0 Å². The van der Waals surface area contributed by atoms with Crippen LogP contribution >= 0.6 is 0 Å². The van der Waals surface area contributed by atoms with Gasteiger partial charge in [-0.2, -0.15) is 0 Å². The molecule has 0 heterocycles. The van der Waals surface area contributed by atoms with Gasteiger partial charge >= 0.3 is 6.09 Å². The Hall–Kier alpha value is -0.770. The molecule has 2 N–H and O–H groups in total. The summed E-state index contributed by atoms with van der Waals surface area (Å²) in [5, 5.41) is 20.0. The smallest absolute Gasteiger partial charge is 0.408 e. The molecule has 0 unspecified atom stereocenters. The van der Waals surface area contributed by atoms with Crippen molar-refractivity contribution in [2.45, 2.75) is 77.0 Å². The molecule has 1 amide bonds. The topological polar surface area (TPSA) is 60.8 Å². The molecule has 0 radical (unpaired) electrons. The van der Waals surface area contributed by atoms with Gasteiger partial charge in [-0.05, 0) is 47.5 Å². The van der Waals surface area contributed by atoms with Gasteiger partial charge < -0.3 is 10.2 Å². The fourth-order valence-electron chi connectivity index (χ4n) is 3.18. The molecule has 0 aromatic heterocycles. The molecule has 4 heteroatoms. The fraction of sp³-hybridized carbons (Fsp3) is 0.923. The van der Waals surface area contributed by atoms with Gasteiger partial charge in [0.05, 0.1) is 11.1 Å². The van der Waals surface area contributed by atoms with Crippen molar-refractivity contribution in [3.05, 3.63) is 0 Å². The Balaban J connectivity index is 3.26. The number of amides is 1. The maximum absolute atomic E-state index is 11.6. The van der Waals surface area contributed by atoms with Crippen molar-refractivity contribution in [2.75, 3.05) is 0 Å². The summed E-state index contributed by atoms with van der Waals surface area (Å²) in [6, 6.07) is 0. The van der Waals surface area contributed by atoms with Crippen LogP contribution in [0.1, 0.15) is 60.3 Å². The molecule has 0 aliphatic heterocycles. The first kappa shape index (κ1) is 14.3. The van der Waals surface area contributed by atoms with Crippen LogP contribution in [0.25, 0.3) is 0 Å². The Kier molecular flexibility index (Phi) is 3.50. The highest BCUT2D eigenvalue weighted by Gasteiger charge is 2.55. The number of hydrogen-bond donors (Lipinski definition) is 2. The lowest BCUT2D eigenvalue weighted by Crippen LogP contribution is -2.67. The molecule has 17 heavy (non-hydrogen) atoms. The molecule has 0 spiro atoms. The molecule has 4 nitrogen and oxygen atoms in total. The van der Waals surface area contributed by atoms with Crippen molar-refractivity contribution in [2.24, 2.45) is 0 Å². The van der Waals surface area contributed by atoms with Gasteiger partial charge in [-0.3, -0.25) is 4.90 Å². The van der Waals surface area contributed by atoms with Gasteiger partial charge in [0, 0.05) is 5.54 Å². The minimum absolute atomic E-state index is 0.504. The second-order valence-electron chi connectivity index (χ2n) is 6.59. The molecule has 0 aromatic rings. The summed E-state index contributed by atoms with van der Waals surface area (Å²) in [6.45, 7) is 9.09. The normalized spacial score (nSPS) is 20.4. The van der Waals surface area contributed by atoms with E-state index in [4.69, 9.17) is 0 Å². The summed E-state index contributed by atoms with van der Waals surface area (Å²) in [4.78, 5) is 13.1. The monoisotopic (exact) mass is 243 g/mol. The Labute approximate surface area is 104 Å². The van der Waals surface area contributed by atoms with Gasteiger partial charge in [-0.1, -0.05) is 12.8 Å². The van der Waals surface area contributed by atoms with E-state index in [-0.39, 0.29) is 0 Å². The summed E-state index contributed by atoms with van der Waals surface area (Å²) in [5.74, 6) is 0. The van der Waals surface area contributed by atoms with Crippen molar-refractivity contribution in [3.8, 4) is 0 Å². The third-order valence-corrected chi connectivity index (χ3v) is 3.86. The van der Waals surface area contributed by atoms with E-state index in [0.29, 0.717) is 0 Å². The van der Waals surface area contributed by atoms with Gasteiger partial charge in [0.1, 0.15) is 0 Å². The van der Waals surface area contributed by atoms with Gasteiger partial charge in [-0.15, -0.1) is 0 Å². The first-order valence-corrected chi connectivity index (χ1v) is 6.28. The summed E-state index contributed by atoms with van der Waals surface area (Å²) in [5.41, 5.74) is -2.18. The average Bonchev–Trinajstić information content (AvgIpc) is 2.48. The van der Waals surface area contributed by atoms with Crippen LogP contribution in [0.4, 0.5) is 4.79 Å². The van der Waals surface area contributed by atoms with Gasteiger partial charge in [0.2, 0.25) is 0 Å². The Morgan fingerprint density at radius 1 is 1.12 bits per heavy atom. The maximum Gasteiger partial charge on any atom is 0.408 e. The predicted octanol–water partition coefficient (Wildman–Crippen LogP) is 2.85. The van der Waals surface area contributed by atoms with Crippen molar-refractivity contribution in [1.29, 1.82) is 0 Å². The van der Waals surface area contributed by atoms with Crippen LogP contribution < -0.4 is 0 Å². The zero-order chi connectivity index (χ0) is 13.5. The number of rotatable bonds is 2. The van der Waals surface area contributed by atoms with Crippen LogP contribution in [-0.4, -0.2) is 37.9 Å². The minimum Gasteiger partial charge on any atom is -0.465 e. The van der Waals surface area contributed by atoms with Crippen molar-refractivity contribution >= 4 is 6.09 Å². The van der Waals surface area contributed by atoms with Gasteiger partial charge in [0.25, 0.3) is 0 Å². The van der Waals surface area contributed by atoms with E-state index in [0.717, 1.165) is 25.7 Å². The third-order valence-electron chi connectivity index (χ3n) is 3.86. The summed E-state index contributed by atoms with van der Waals surface area (Å²) >= 11 is 0. The zero-order valence-electron chi connectivity index (χ0n) is 11.6.